The zero-order valence-corrected chi connectivity index (χ0v) is 9.08. The van der Waals surface area contributed by atoms with Crippen molar-refractivity contribution in [3.63, 3.8) is 0 Å². The van der Waals surface area contributed by atoms with Gasteiger partial charge < -0.3 is 0 Å². The lowest BCUT2D eigenvalue weighted by Gasteiger charge is -2.03. The first-order valence-corrected chi connectivity index (χ1v) is 5.10. The van der Waals surface area contributed by atoms with Crippen LogP contribution in [-0.4, -0.2) is 24.8 Å². The number of nitrogens with zero attached hydrogens (tertiary/aromatic N) is 4. The molecule has 0 radical (unpaired) electrons. The van der Waals surface area contributed by atoms with E-state index in [0.717, 1.165) is 5.56 Å². The van der Waals surface area contributed by atoms with E-state index >= 15 is 0 Å². The minimum atomic E-state index is -0.146. The maximum Gasteiger partial charge on any atom is 0.267 e. The largest absolute Gasteiger partial charge is 0.268 e. The van der Waals surface area contributed by atoms with Crippen molar-refractivity contribution >= 4 is 5.65 Å². The SMILES string of the molecule is Cc1cccn2c(=O)c(-c3cn[nH]n3)cnc12. The topological polar surface area (TPSA) is 75.9 Å². The lowest BCUT2D eigenvalue weighted by Crippen LogP contribution is -2.17. The summed E-state index contributed by atoms with van der Waals surface area (Å²) < 4.78 is 1.51. The number of aromatic nitrogens is 5. The Morgan fingerprint density at radius 2 is 2.24 bits per heavy atom. The number of hydrogen-bond donors (Lipinski definition) is 1. The molecular weight excluding hydrogens is 218 g/mol. The molecule has 0 fully saturated rings. The van der Waals surface area contributed by atoms with Gasteiger partial charge in [0.1, 0.15) is 11.3 Å². The Morgan fingerprint density at radius 1 is 1.35 bits per heavy atom. The molecule has 0 saturated heterocycles. The number of nitrogens with one attached hydrogen (secondary N) is 1. The van der Waals surface area contributed by atoms with Crippen molar-refractivity contribution in [2.45, 2.75) is 6.92 Å². The summed E-state index contributed by atoms with van der Waals surface area (Å²) in [5.41, 5.74) is 2.40. The van der Waals surface area contributed by atoms with Crippen LogP contribution in [0.3, 0.4) is 0 Å². The van der Waals surface area contributed by atoms with Crippen LogP contribution in [0.15, 0.2) is 35.5 Å². The van der Waals surface area contributed by atoms with E-state index in [2.05, 4.69) is 20.4 Å². The first kappa shape index (κ1) is 9.71. The molecule has 0 spiro atoms. The van der Waals surface area contributed by atoms with Gasteiger partial charge in [0.25, 0.3) is 5.56 Å². The van der Waals surface area contributed by atoms with Crippen LogP contribution in [0.2, 0.25) is 0 Å². The van der Waals surface area contributed by atoms with Crippen molar-refractivity contribution in [2.75, 3.05) is 0 Å². The zero-order valence-electron chi connectivity index (χ0n) is 9.08. The molecule has 0 unspecified atom stereocenters. The summed E-state index contributed by atoms with van der Waals surface area (Å²) in [6.45, 7) is 1.91. The van der Waals surface area contributed by atoms with Gasteiger partial charge in [0.2, 0.25) is 0 Å². The predicted molar refractivity (Wildman–Crippen MR) is 61.6 cm³/mol. The third-order valence-electron chi connectivity index (χ3n) is 2.62. The summed E-state index contributed by atoms with van der Waals surface area (Å²) in [5.74, 6) is 0. The van der Waals surface area contributed by atoms with Gasteiger partial charge in [-0.05, 0) is 18.6 Å². The van der Waals surface area contributed by atoms with Gasteiger partial charge in [0.05, 0.1) is 11.8 Å². The third kappa shape index (κ3) is 1.42. The van der Waals surface area contributed by atoms with Crippen LogP contribution in [0.25, 0.3) is 16.9 Å². The Morgan fingerprint density at radius 3 is 3.00 bits per heavy atom. The molecule has 0 atom stereocenters. The number of aryl methyl sites for hydroxylation is 1. The van der Waals surface area contributed by atoms with Crippen molar-refractivity contribution in [3.8, 4) is 11.3 Å². The average molecular weight is 227 g/mol. The van der Waals surface area contributed by atoms with Gasteiger partial charge in [0.15, 0.2) is 0 Å². The van der Waals surface area contributed by atoms with Gasteiger partial charge in [-0.2, -0.15) is 15.4 Å². The van der Waals surface area contributed by atoms with Crippen LogP contribution >= 0.6 is 0 Å². The van der Waals surface area contributed by atoms with Crippen molar-refractivity contribution in [1.29, 1.82) is 0 Å². The van der Waals surface area contributed by atoms with Gasteiger partial charge in [-0.15, -0.1) is 0 Å². The zero-order chi connectivity index (χ0) is 11.8. The fraction of sp³-hybridized carbons (Fsp3) is 0.0909. The molecule has 0 bridgehead atoms. The Bertz CT molecular complexity index is 729. The van der Waals surface area contributed by atoms with Gasteiger partial charge in [-0.1, -0.05) is 6.07 Å². The van der Waals surface area contributed by atoms with E-state index in [9.17, 15) is 4.79 Å². The molecule has 6 nitrogen and oxygen atoms in total. The van der Waals surface area contributed by atoms with E-state index in [-0.39, 0.29) is 5.56 Å². The summed E-state index contributed by atoms with van der Waals surface area (Å²) in [5, 5.41) is 10.1. The summed E-state index contributed by atoms with van der Waals surface area (Å²) in [6, 6.07) is 3.73. The van der Waals surface area contributed by atoms with Crippen LogP contribution in [0.4, 0.5) is 0 Å². The van der Waals surface area contributed by atoms with E-state index in [4.69, 9.17) is 0 Å². The number of pyridine rings is 1. The summed E-state index contributed by atoms with van der Waals surface area (Å²) >= 11 is 0. The third-order valence-corrected chi connectivity index (χ3v) is 2.62. The Kier molecular flexibility index (Phi) is 2.01. The molecule has 17 heavy (non-hydrogen) atoms. The monoisotopic (exact) mass is 227 g/mol. The minimum absolute atomic E-state index is 0.146. The number of aromatic amines is 1. The van der Waals surface area contributed by atoms with E-state index in [1.807, 2.05) is 19.1 Å². The minimum Gasteiger partial charge on any atom is -0.268 e. The maximum atomic E-state index is 12.2. The fourth-order valence-electron chi connectivity index (χ4n) is 1.75. The molecule has 1 N–H and O–H groups in total. The van der Waals surface area contributed by atoms with Gasteiger partial charge in [-0.25, -0.2) is 4.98 Å². The fourth-order valence-corrected chi connectivity index (χ4v) is 1.75. The number of H-pyrrole nitrogens is 1. The van der Waals surface area contributed by atoms with E-state index in [1.54, 1.807) is 6.20 Å². The van der Waals surface area contributed by atoms with Gasteiger partial charge >= 0.3 is 0 Å². The van der Waals surface area contributed by atoms with Crippen molar-refractivity contribution < 1.29 is 0 Å². The molecule has 3 heterocycles. The maximum absolute atomic E-state index is 12.2. The highest BCUT2D eigenvalue weighted by Gasteiger charge is 2.09. The summed E-state index contributed by atoms with van der Waals surface area (Å²) in [4.78, 5) is 16.5. The van der Waals surface area contributed by atoms with Crippen LogP contribution in [0.5, 0.6) is 0 Å². The number of rotatable bonds is 1. The smallest absolute Gasteiger partial charge is 0.267 e. The Hall–Kier alpha value is -2.50. The van der Waals surface area contributed by atoms with Crippen LogP contribution in [0.1, 0.15) is 5.56 Å². The standard InChI is InChI=1S/C11H9N5O/c1-7-3-2-4-16-10(7)12-5-8(11(16)17)9-6-13-15-14-9/h2-6H,1H3,(H,13,14,15). The van der Waals surface area contributed by atoms with Gasteiger partial charge in [-0.3, -0.25) is 9.20 Å². The lowest BCUT2D eigenvalue weighted by atomic mass is 10.2. The quantitative estimate of drug-likeness (QED) is 0.666. The normalized spacial score (nSPS) is 10.9. The first-order chi connectivity index (χ1) is 8.27. The molecule has 0 aliphatic carbocycles. The molecular formula is C11H9N5O. The van der Waals surface area contributed by atoms with Crippen LogP contribution < -0.4 is 5.56 Å². The highest BCUT2D eigenvalue weighted by Crippen LogP contribution is 2.11. The highest BCUT2D eigenvalue weighted by atomic mass is 16.1. The molecule has 3 aromatic heterocycles. The van der Waals surface area contributed by atoms with Crippen LogP contribution in [0, 0.1) is 6.92 Å². The van der Waals surface area contributed by atoms with E-state index in [0.29, 0.717) is 16.9 Å². The van der Waals surface area contributed by atoms with Crippen molar-refractivity contribution in [1.82, 2.24) is 24.8 Å². The second kappa shape index (κ2) is 3.51. The molecule has 0 aliphatic rings. The summed E-state index contributed by atoms with van der Waals surface area (Å²) in [7, 11) is 0. The molecule has 0 amide bonds. The molecule has 6 heteroatoms. The second-order valence-electron chi connectivity index (χ2n) is 3.72. The molecule has 0 saturated carbocycles. The molecule has 84 valence electrons. The lowest BCUT2D eigenvalue weighted by molar-refractivity contribution is 0.939. The van der Waals surface area contributed by atoms with E-state index in [1.165, 1.54) is 16.8 Å². The molecule has 0 aromatic carbocycles. The van der Waals surface area contributed by atoms with Gasteiger partial charge in [0, 0.05) is 12.4 Å². The second-order valence-corrected chi connectivity index (χ2v) is 3.72. The summed E-state index contributed by atoms with van der Waals surface area (Å²) in [6.07, 6.45) is 4.73. The van der Waals surface area contributed by atoms with Crippen LogP contribution in [-0.2, 0) is 0 Å². The number of fused-ring (bicyclic) bond motifs is 1. The Labute approximate surface area is 95.9 Å². The number of hydrogen-bond acceptors (Lipinski definition) is 4. The highest BCUT2D eigenvalue weighted by molar-refractivity contribution is 5.58. The molecule has 0 aliphatic heterocycles. The predicted octanol–water partition coefficient (Wildman–Crippen LogP) is 0.788. The molecule has 3 aromatic rings. The Balaban J connectivity index is 2.38. The van der Waals surface area contributed by atoms with Crippen molar-refractivity contribution in [2.24, 2.45) is 0 Å². The average Bonchev–Trinajstić information content (AvgIpc) is 2.84. The first-order valence-electron chi connectivity index (χ1n) is 5.10. The van der Waals surface area contributed by atoms with E-state index < -0.39 is 0 Å². The van der Waals surface area contributed by atoms with Crippen molar-refractivity contribution in [3.05, 3.63) is 46.6 Å². The molecule has 3 rings (SSSR count).